The Morgan fingerprint density at radius 2 is 1.93 bits per heavy atom. The first-order valence-corrected chi connectivity index (χ1v) is 10.2. The predicted molar refractivity (Wildman–Crippen MR) is 106 cm³/mol. The average molecular weight is 399 g/mol. The van der Waals surface area contributed by atoms with Crippen molar-refractivity contribution < 1.29 is 8.42 Å². The molecule has 0 bridgehead atoms. The van der Waals surface area contributed by atoms with Crippen molar-refractivity contribution in [3.05, 3.63) is 83.8 Å². The third kappa shape index (κ3) is 4.10. The van der Waals surface area contributed by atoms with Crippen molar-refractivity contribution in [3.8, 4) is 11.3 Å². The normalized spacial score (nSPS) is 11.6. The number of hydrogen-bond donors (Lipinski definition) is 1. The molecule has 0 saturated carbocycles. The number of anilines is 1. The highest BCUT2D eigenvalue weighted by Gasteiger charge is 2.13. The summed E-state index contributed by atoms with van der Waals surface area (Å²) in [6, 6.07) is 15.7. The van der Waals surface area contributed by atoms with E-state index in [2.05, 4.69) is 14.7 Å². The van der Waals surface area contributed by atoms with Crippen molar-refractivity contribution in [3.63, 3.8) is 0 Å². The molecule has 136 valence electrons. The lowest BCUT2D eigenvalue weighted by molar-refractivity contribution is 0.600. The van der Waals surface area contributed by atoms with Crippen LogP contribution in [0.25, 0.3) is 17.0 Å². The monoisotopic (exact) mass is 398 g/mol. The van der Waals surface area contributed by atoms with Crippen LogP contribution in [0.5, 0.6) is 0 Å². The molecular weight excluding hydrogens is 384 g/mol. The van der Waals surface area contributed by atoms with Crippen molar-refractivity contribution >= 4 is 33.1 Å². The molecule has 0 saturated heterocycles. The zero-order valence-corrected chi connectivity index (χ0v) is 15.7. The number of nitrogens with one attached hydrogen (secondary N) is 1. The van der Waals surface area contributed by atoms with Gasteiger partial charge in [0.05, 0.1) is 11.4 Å². The molecule has 0 atom stereocenters. The van der Waals surface area contributed by atoms with Gasteiger partial charge in [-0.3, -0.25) is 9.12 Å². The van der Waals surface area contributed by atoms with Crippen LogP contribution in [0.15, 0.2) is 73.2 Å². The van der Waals surface area contributed by atoms with Gasteiger partial charge in [0.15, 0.2) is 0 Å². The number of fused-ring (bicyclic) bond motifs is 1. The van der Waals surface area contributed by atoms with Crippen LogP contribution >= 0.6 is 11.6 Å². The molecule has 2 aromatic heterocycles. The summed E-state index contributed by atoms with van der Waals surface area (Å²) in [5.74, 6) is 0.426. The maximum absolute atomic E-state index is 12.5. The number of sulfonamides is 1. The van der Waals surface area contributed by atoms with Gasteiger partial charge in [-0.1, -0.05) is 35.9 Å². The Hall–Kier alpha value is -2.90. The number of aromatic nitrogens is 3. The number of nitrogens with zero attached hydrogens (tertiary/aromatic N) is 3. The Balaban J connectivity index is 1.58. The van der Waals surface area contributed by atoms with Crippen molar-refractivity contribution in [2.24, 2.45) is 0 Å². The molecule has 8 heteroatoms. The van der Waals surface area contributed by atoms with E-state index in [1.807, 2.05) is 28.9 Å². The lowest BCUT2D eigenvalue weighted by Crippen LogP contribution is -2.15. The van der Waals surface area contributed by atoms with Gasteiger partial charge in [-0.2, -0.15) is 0 Å². The van der Waals surface area contributed by atoms with Gasteiger partial charge in [0, 0.05) is 34.9 Å². The van der Waals surface area contributed by atoms with Gasteiger partial charge in [0.25, 0.3) is 0 Å². The SMILES string of the molecule is O=S(=O)(Cc1cccc(Cl)c1)Nc1cccc(-c2cn3cccnc3n2)c1. The topological polar surface area (TPSA) is 76.4 Å². The summed E-state index contributed by atoms with van der Waals surface area (Å²) in [4.78, 5) is 8.65. The van der Waals surface area contributed by atoms with Crippen LogP contribution in [-0.4, -0.2) is 22.8 Å². The molecular formula is C19H15ClN4O2S. The van der Waals surface area contributed by atoms with Crippen molar-refractivity contribution in [2.75, 3.05) is 4.72 Å². The zero-order chi connectivity index (χ0) is 18.9. The zero-order valence-electron chi connectivity index (χ0n) is 14.1. The first-order valence-electron chi connectivity index (χ1n) is 8.14. The van der Waals surface area contributed by atoms with Crippen LogP contribution < -0.4 is 4.72 Å². The molecule has 0 fully saturated rings. The van der Waals surface area contributed by atoms with Gasteiger partial charge in [0.2, 0.25) is 15.8 Å². The summed E-state index contributed by atoms with van der Waals surface area (Å²) in [6.07, 6.45) is 5.38. The number of halogens is 1. The summed E-state index contributed by atoms with van der Waals surface area (Å²) < 4.78 is 29.4. The number of hydrogen-bond acceptors (Lipinski definition) is 4. The first-order chi connectivity index (χ1) is 13.0. The smallest absolute Gasteiger partial charge is 0.236 e. The lowest BCUT2D eigenvalue weighted by atomic mass is 10.1. The molecule has 1 N–H and O–H groups in total. The van der Waals surface area contributed by atoms with Gasteiger partial charge in [0.1, 0.15) is 0 Å². The predicted octanol–water partition coefficient (Wildman–Crippen LogP) is 3.99. The Bertz CT molecular complexity index is 1190. The van der Waals surface area contributed by atoms with Crippen molar-refractivity contribution in [2.45, 2.75) is 5.75 Å². The highest BCUT2D eigenvalue weighted by Crippen LogP contribution is 2.23. The summed E-state index contributed by atoms with van der Waals surface area (Å²) >= 11 is 5.93. The molecule has 0 aliphatic heterocycles. The minimum atomic E-state index is -3.57. The van der Waals surface area contributed by atoms with Gasteiger partial charge in [-0.05, 0) is 35.9 Å². The second-order valence-corrected chi connectivity index (χ2v) is 8.18. The number of rotatable bonds is 5. The minimum absolute atomic E-state index is 0.157. The molecule has 6 nitrogen and oxygen atoms in total. The fourth-order valence-corrected chi connectivity index (χ4v) is 4.16. The van der Waals surface area contributed by atoms with Crippen molar-refractivity contribution in [1.82, 2.24) is 14.4 Å². The molecule has 4 aromatic rings. The standard InChI is InChI=1S/C19H15ClN4O2S/c20-16-6-1-4-14(10-16)13-27(25,26)23-17-7-2-5-15(11-17)18-12-24-9-3-8-21-19(24)22-18/h1-12,23H,13H2. The molecule has 0 aliphatic rings. The summed E-state index contributed by atoms with van der Waals surface area (Å²) in [6.45, 7) is 0. The van der Waals surface area contributed by atoms with Gasteiger partial charge < -0.3 is 0 Å². The summed E-state index contributed by atoms with van der Waals surface area (Å²) in [7, 11) is -3.57. The Morgan fingerprint density at radius 1 is 1.07 bits per heavy atom. The van der Waals surface area contributed by atoms with E-state index in [0.717, 1.165) is 5.56 Å². The molecule has 0 aliphatic carbocycles. The van der Waals surface area contributed by atoms with E-state index in [-0.39, 0.29) is 5.75 Å². The van der Waals surface area contributed by atoms with Crippen LogP contribution in [-0.2, 0) is 15.8 Å². The van der Waals surface area contributed by atoms with Crippen molar-refractivity contribution in [1.29, 1.82) is 0 Å². The third-order valence-corrected chi connectivity index (χ3v) is 5.41. The van der Waals surface area contributed by atoms with E-state index in [1.165, 1.54) is 0 Å². The first kappa shape index (κ1) is 17.5. The van der Waals surface area contributed by atoms with Crippen LogP contribution in [0, 0.1) is 0 Å². The van der Waals surface area contributed by atoms with E-state index in [0.29, 0.717) is 27.7 Å². The molecule has 2 heterocycles. The molecule has 2 aromatic carbocycles. The fourth-order valence-electron chi connectivity index (χ4n) is 2.77. The highest BCUT2D eigenvalue weighted by molar-refractivity contribution is 7.91. The van der Waals surface area contributed by atoms with E-state index in [1.54, 1.807) is 48.7 Å². The largest absolute Gasteiger partial charge is 0.291 e. The molecule has 0 spiro atoms. The van der Waals surface area contributed by atoms with Gasteiger partial charge in [-0.15, -0.1) is 0 Å². The van der Waals surface area contributed by atoms with Gasteiger partial charge >= 0.3 is 0 Å². The molecule has 0 unspecified atom stereocenters. The second-order valence-electron chi connectivity index (χ2n) is 6.02. The maximum atomic E-state index is 12.5. The van der Waals surface area contributed by atoms with E-state index < -0.39 is 10.0 Å². The van der Waals surface area contributed by atoms with Crippen LogP contribution in [0.2, 0.25) is 5.02 Å². The molecule has 27 heavy (non-hydrogen) atoms. The Kier molecular flexibility index (Phi) is 4.55. The third-order valence-electron chi connectivity index (χ3n) is 3.91. The number of benzene rings is 2. The van der Waals surface area contributed by atoms with Crippen LogP contribution in [0.3, 0.4) is 0 Å². The van der Waals surface area contributed by atoms with E-state index >= 15 is 0 Å². The van der Waals surface area contributed by atoms with E-state index in [4.69, 9.17) is 11.6 Å². The molecule has 0 radical (unpaired) electrons. The average Bonchev–Trinajstić information content (AvgIpc) is 3.05. The maximum Gasteiger partial charge on any atom is 0.236 e. The van der Waals surface area contributed by atoms with E-state index in [9.17, 15) is 8.42 Å². The summed E-state index contributed by atoms with van der Waals surface area (Å²) in [5.41, 5.74) is 2.60. The van der Waals surface area contributed by atoms with Crippen LogP contribution in [0.1, 0.15) is 5.56 Å². The summed E-state index contributed by atoms with van der Waals surface area (Å²) in [5, 5.41) is 0.505. The molecule has 0 amide bonds. The Morgan fingerprint density at radius 3 is 2.74 bits per heavy atom. The fraction of sp³-hybridized carbons (Fsp3) is 0.0526. The minimum Gasteiger partial charge on any atom is -0.291 e. The van der Waals surface area contributed by atoms with Crippen LogP contribution in [0.4, 0.5) is 5.69 Å². The van der Waals surface area contributed by atoms with Gasteiger partial charge in [-0.25, -0.2) is 18.4 Å². The quantitative estimate of drug-likeness (QED) is 0.551. The second kappa shape index (κ2) is 7.02. The molecule has 4 rings (SSSR count). The highest BCUT2D eigenvalue weighted by atomic mass is 35.5. The lowest BCUT2D eigenvalue weighted by Gasteiger charge is -2.09. The Labute approximate surface area is 161 Å². The number of imidazole rings is 1.